The van der Waals surface area contributed by atoms with Crippen molar-refractivity contribution in [1.29, 1.82) is 0 Å². The summed E-state index contributed by atoms with van der Waals surface area (Å²) < 4.78 is 0.136. The third kappa shape index (κ3) is 3.27. The van der Waals surface area contributed by atoms with E-state index in [0.29, 0.717) is 0 Å². The fourth-order valence-electron chi connectivity index (χ4n) is 4.44. The fraction of sp³-hybridized carbons (Fsp3) is 0.611. The van der Waals surface area contributed by atoms with Gasteiger partial charge in [-0.05, 0) is 18.4 Å². The normalized spacial score (nSPS) is 35.3. The molecule has 0 saturated carbocycles. The Morgan fingerprint density at radius 3 is 2.74 bits per heavy atom. The molecule has 2 heterocycles. The van der Waals surface area contributed by atoms with Crippen molar-refractivity contribution in [3.8, 4) is 0 Å². The van der Waals surface area contributed by atoms with Crippen molar-refractivity contribution in [2.75, 3.05) is 26.7 Å². The highest BCUT2D eigenvalue weighted by Crippen LogP contribution is 2.34. The Morgan fingerprint density at radius 2 is 2.04 bits per heavy atom. The van der Waals surface area contributed by atoms with Gasteiger partial charge in [-0.15, -0.1) is 0 Å². The molecule has 4 atom stereocenters. The Labute approximate surface area is 138 Å². The lowest BCUT2D eigenvalue weighted by Gasteiger charge is -2.43. The molecule has 0 bridgehead atoms. The maximum atomic E-state index is 11.8. The number of rotatable bonds is 3. The Kier molecular flexibility index (Phi) is 4.71. The molecule has 0 spiro atoms. The molecule has 1 aromatic rings. The minimum Gasteiger partial charge on any atom is -0.435 e. The van der Waals surface area contributed by atoms with Crippen LogP contribution in [0.4, 0.5) is 4.79 Å². The zero-order chi connectivity index (χ0) is 16.4. The van der Waals surface area contributed by atoms with E-state index in [0.717, 1.165) is 45.4 Å². The molecule has 5 heteroatoms. The van der Waals surface area contributed by atoms with Gasteiger partial charge in [0.25, 0.3) is 0 Å². The Hall–Kier alpha value is -1.43. The zero-order valence-electron chi connectivity index (χ0n) is 13.9. The van der Waals surface area contributed by atoms with Gasteiger partial charge < -0.3 is 10.8 Å². The summed E-state index contributed by atoms with van der Waals surface area (Å²) in [5, 5.41) is 9.73. The topological polar surface area (TPSA) is 66.6 Å². The highest BCUT2D eigenvalue weighted by Gasteiger charge is 2.50. The van der Waals surface area contributed by atoms with Gasteiger partial charge >= 0.3 is 6.09 Å². The van der Waals surface area contributed by atoms with Crippen molar-refractivity contribution in [3.63, 3.8) is 0 Å². The average Bonchev–Trinajstić information content (AvgIpc) is 2.89. The number of hydrogen-bond acceptors (Lipinski definition) is 3. The quantitative estimate of drug-likeness (QED) is 0.838. The van der Waals surface area contributed by atoms with Crippen LogP contribution in [0.2, 0.25) is 0 Å². The summed E-state index contributed by atoms with van der Waals surface area (Å²) in [6, 6.07) is 10.6. The first kappa shape index (κ1) is 16.4. The van der Waals surface area contributed by atoms with Crippen molar-refractivity contribution >= 4 is 6.09 Å². The summed E-state index contributed by atoms with van der Waals surface area (Å²) in [5.74, 6) is 0.264. The van der Waals surface area contributed by atoms with Gasteiger partial charge in [-0.2, -0.15) is 4.79 Å². The van der Waals surface area contributed by atoms with Crippen molar-refractivity contribution < 1.29 is 14.4 Å². The Balaban J connectivity index is 1.71. The average molecular weight is 318 g/mol. The van der Waals surface area contributed by atoms with Crippen LogP contribution in [0.1, 0.15) is 24.8 Å². The van der Waals surface area contributed by atoms with Gasteiger partial charge in [0.1, 0.15) is 6.04 Å². The number of carbonyl (C=O) groups is 1. The number of nitrogens with two attached hydrogens (primary N) is 1. The molecule has 1 amide bonds. The Morgan fingerprint density at radius 1 is 1.30 bits per heavy atom. The molecule has 2 aliphatic heterocycles. The zero-order valence-corrected chi connectivity index (χ0v) is 13.9. The van der Waals surface area contributed by atoms with Crippen LogP contribution in [0.5, 0.6) is 0 Å². The third-order valence-corrected chi connectivity index (χ3v) is 5.77. The molecule has 23 heavy (non-hydrogen) atoms. The summed E-state index contributed by atoms with van der Waals surface area (Å²) in [6.07, 6.45) is 2.38. The van der Waals surface area contributed by atoms with E-state index in [4.69, 9.17) is 5.73 Å². The number of benzene rings is 1. The molecule has 3 rings (SSSR count). The molecule has 3 unspecified atom stereocenters. The lowest BCUT2D eigenvalue weighted by atomic mass is 9.86. The van der Waals surface area contributed by atoms with Gasteiger partial charge in [-0.1, -0.05) is 30.3 Å². The van der Waals surface area contributed by atoms with Crippen LogP contribution in [0.25, 0.3) is 0 Å². The minimum atomic E-state index is -0.705. The smallest absolute Gasteiger partial charge is 0.435 e. The standard InChI is InChI=1S/C18H27N3O2/c1-21(18(22)23)10-6-5-9-17(21)15-12-20(13-16(15)19)11-14-7-3-2-4-8-14/h2-4,7-8,15-17H,5-6,9-13,19H2,1H3/p+1/t15?,16-,17?,21?/m0/s1. The van der Waals surface area contributed by atoms with Crippen LogP contribution in [0, 0.1) is 5.92 Å². The van der Waals surface area contributed by atoms with Gasteiger partial charge in [-0.3, -0.25) is 4.90 Å². The van der Waals surface area contributed by atoms with Gasteiger partial charge in [-0.25, -0.2) is 4.48 Å². The highest BCUT2D eigenvalue weighted by molar-refractivity contribution is 5.57. The number of carboxylic acid groups (broad SMARTS) is 1. The lowest BCUT2D eigenvalue weighted by molar-refractivity contribution is -0.873. The van der Waals surface area contributed by atoms with E-state index in [1.54, 1.807) is 0 Å². The second kappa shape index (κ2) is 6.59. The first-order chi connectivity index (χ1) is 11.0. The summed E-state index contributed by atoms with van der Waals surface area (Å²) in [7, 11) is 1.87. The molecule has 1 aromatic carbocycles. The van der Waals surface area contributed by atoms with E-state index in [9.17, 15) is 9.90 Å². The van der Waals surface area contributed by atoms with Gasteiger partial charge in [0.2, 0.25) is 0 Å². The number of amides is 1. The van der Waals surface area contributed by atoms with Gasteiger partial charge in [0.05, 0.1) is 13.6 Å². The molecule has 0 aromatic heterocycles. The molecule has 2 aliphatic rings. The Bertz CT molecular complexity index is 550. The molecular weight excluding hydrogens is 290 g/mol. The molecule has 2 saturated heterocycles. The van der Waals surface area contributed by atoms with Crippen LogP contribution in [0.3, 0.4) is 0 Å². The molecule has 3 N–H and O–H groups in total. The predicted octanol–water partition coefficient (Wildman–Crippen LogP) is 2.12. The van der Waals surface area contributed by atoms with E-state index >= 15 is 0 Å². The molecule has 126 valence electrons. The van der Waals surface area contributed by atoms with Gasteiger partial charge in [0.15, 0.2) is 0 Å². The first-order valence-electron chi connectivity index (χ1n) is 8.61. The largest absolute Gasteiger partial charge is 0.513 e. The highest BCUT2D eigenvalue weighted by atomic mass is 16.4. The minimum absolute atomic E-state index is 0.0682. The number of quaternary nitrogens is 1. The fourth-order valence-corrected chi connectivity index (χ4v) is 4.44. The van der Waals surface area contributed by atoms with Crippen molar-refractivity contribution in [3.05, 3.63) is 35.9 Å². The predicted molar refractivity (Wildman–Crippen MR) is 89.9 cm³/mol. The lowest BCUT2D eigenvalue weighted by Crippen LogP contribution is -2.63. The maximum absolute atomic E-state index is 11.8. The van der Waals surface area contributed by atoms with Crippen LogP contribution < -0.4 is 5.73 Å². The molecular formula is C18H28N3O2+. The molecule has 0 radical (unpaired) electrons. The summed E-state index contributed by atoms with van der Waals surface area (Å²) in [5.41, 5.74) is 7.72. The van der Waals surface area contributed by atoms with Crippen LogP contribution in [-0.4, -0.2) is 59.3 Å². The third-order valence-electron chi connectivity index (χ3n) is 5.77. The summed E-state index contributed by atoms with van der Waals surface area (Å²) in [4.78, 5) is 14.2. The number of piperidine rings is 1. The number of nitrogens with zero attached hydrogens (tertiary/aromatic N) is 2. The van der Waals surface area contributed by atoms with Crippen LogP contribution in [-0.2, 0) is 6.54 Å². The summed E-state index contributed by atoms with van der Waals surface area (Å²) >= 11 is 0. The van der Waals surface area contributed by atoms with E-state index in [-0.39, 0.29) is 22.5 Å². The van der Waals surface area contributed by atoms with Gasteiger partial charge in [0, 0.05) is 38.0 Å². The van der Waals surface area contributed by atoms with Crippen molar-refractivity contribution in [2.24, 2.45) is 11.7 Å². The molecule has 2 fully saturated rings. The van der Waals surface area contributed by atoms with E-state index < -0.39 is 6.09 Å². The monoisotopic (exact) mass is 318 g/mol. The second-order valence-corrected chi connectivity index (χ2v) is 7.34. The van der Waals surface area contributed by atoms with E-state index in [1.807, 2.05) is 13.1 Å². The number of likely N-dealkylation sites (tertiary alicyclic amines) is 2. The SMILES string of the molecule is C[N+]1(C(=O)O)CCCCC1C1CN(Cc2ccccc2)C[C@@H]1N. The van der Waals surface area contributed by atoms with Crippen molar-refractivity contribution in [1.82, 2.24) is 4.90 Å². The summed E-state index contributed by atoms with van der Waals surface area (Å²) in [6.45, 7) is 3.38. The van der Waals surface area contributed by atoms with E-state index in [2.05, 4.69) is 29.2 Å². The second-order valence-electron chi connectivity index (χ2n) is 7.34. The van der Waals surface area contributed by atoms with Crippen LogP contribution in [0.15, 0.2) is 30.3 Å². The van der Waals surface area contributed by atoms with Crippen molar-refractivity contribution in [2.45, 2.75) is 37.9 Å². The number of hydrogen-bond donors (Lipinski definition) is 2. The first-order valence-corrected chi connectivity index (χ1v) is 8.61. The molecule has 5 nitrogen and oxygen atoms in total. The van der Waals surface area contributed by atoms with Crippen LogP contribution >= 0.6 is 0 Å². The van der Waals surface area contributed by atoms with E-state index in [1.165, 1.54) is 5.56 Å². The maximum Gasteiger partial charge on any atom is 0.513 e. The molecule has 0 aliphatic carbocycles.